The van der Waals surface area contributed by atoms with Gasteiger partial charge in [-0.05, 0) is 41.5 Å². The van der Waals surface area contributed by atoms with Gasteiger partial charge in [0.25, 0.3) is 0 Å². The molecular formula is C24H22Cl2. The van der Waals surface area contributed by atoms with Crippen LogP contribution in [0.4, 0.5) is 0 Å². The Kier molecular flexibility index (Phi) is 4.82. The largest absolute Gasteiger partial charge is 0.102 e. The van der Waals surface area contributed by atoms with Crippen molar-refractivity contribution >= 4 is 23.2 Å². The van der Waals surface area contributed by atoms with E-state index < -0.39 is 0 Å². The lowest BCUT2D eigenvalue weighted by atomic mass is 9.64. The Hall–Kier alpha value is -1.76. The summed E-state index contributed by atoms with van der Waals surface area (Å²) in [5, 5.41) is 0. The maximum atomic E-state index is 5.89. The molecule has 2 aromatic carbocycles. The predicted molar refractivity (Wildman–Crippen MR) is 113 cm³/mol. The molecule has 0 N–H and O–H groups in total. The molecule has 2 heteroatoms. The van der Waals surface area contributed by atoms with Gasteiger partial charge in [0, 0.05) is 11.3 Å². The molecule has 0 aliphatic heterocycles. The minimum Gasteiger partial charge on any atom is -0.0804 e. The second kappa shape index (κ2) is 7.10. The molecule has 0 spiro atoms. The summed E-state index contributed by atoms with van der Waals surface area (Å²) < 4.78 is 0.359. The van der Waals surface area contributed by atoms with Crippen molar-refractivity contribution in [2.45, 2.75) is 32.1 Å². The monoisotopic (exact) mass is 380 g/mol. The van der Waals surface area contributed by atoms with Gasteiger partial charge in [-0.2, -0.15) is 0 Å². The van der Waals surface area contributed by atoms with E-state index in [4.69, 9.17) is 23.2 Å². The maximum Gasteiger partial charge on any atom is 0.102 e. The van der Waals surface area contributed by atoms with E-state index in [0.717, 1.165) is 19.3 Å². The smallest absolute Gasteiger partial charge is 0.0804 e. The van der Waals surface area contributed by atoms with Crippen LogP contribution in [0.3, 0.4) is 0 Å². The molecule has 1 unspecified atom stereocenters. The van der Waals surface area contributed by atoms with E-state index in [1.807, 2.05) is 6.08 Å². The van der Waals surface area contributed by atoms with Crippen LogP contribution in [0, 0.1) is 5.41 Å². The summed E-state index contributed by atoms with van der Waals surface area (Å²) in [5.74, 6) is 0.351. The van der Waals surface area contributed by atoms with Gasteiger partial charge in [0.2, 0.25) is 0 Å². The molecule has 1 atom stereocenters. The van der Waals surface area contributed by atoms with E-state index in [0.29, 0.717) is 10.4 Å². The minimum atomic E-state index is 0.0198. The van der Waals surface area contributed by atoms with Gasteiger partial charge in [0.1, 0.15) is 4.49 Å². The summed E-state index contributed by atoms with van der Waals surface area (Å²) in [6.45, 7) is 2.41. The molecule has 0 amide bonds. The van der Waals surface area contributed by atoms with E-state index in [1.54, 1.807) is 0 Å². The van der Waals surface area contributed by atoms with Crippen LogP contribution in [0.1, 0.15) is 43.2 Å². The molecule has 26 heavy (non-hydrogen) atoms. The third-order valence-electron chi connectivity index (χ3n) is 5.94. The molecule has 0 fully saturated rings. The quantitative estimate of drug-likeness (QED) is 0.496. The molecule has 0 saturated carbocycles. The van der Waals surface area contributed by atoms with Crippen LogP contribution in [0.15, 0.2) is 82.9 Å². The molecule has 2 aromatic rings. The number of benzene rings is 2. The lowest BCUT2D eigenvalue weighted by Gasteiger charge is -2.39. The normalized spacial score (nSPS) is 17.4. The molecule has 2 aliphatic rings. The van der Waals surface area contributed by atoms with Gasteiger partial charge in [0.15, 0.2) is 0 Å². The van der Waals surface area contributed by atoms with Crippen LogP contribution in [0.5, 0.6) is 0 Å². The average molecular weight is 381 g/mol. The topological polar surface area (TPSA) is 0 Å². The third kappa shape index (κ3) is 2.96. The van der Waals surface area contributed by atoms with Crippen LogP contribution in [0.25, 0.3) is 11.1 Å². The van der Waals surface area contributed by atoms with Crippen molar-refractivity contribution in [1.29, 1.82) is 0 Å². The summed E-state index contributed by atoms with van der Waals surface area (Å²) in [4.78, 5) is 0. The zero-order valence-electron chi connectivity index (χ0n) is 14.9. The highest BCUT2D eigenvalue weighted by atomic mass is 35.5. The van der Waals surface area contributed by atoms with Crippen LogP contribution in [0.2, 0.25) is 0 Å². The highest BCUT2D eigenvalue weighted by Gasteiger charge is 2.43. The van der Waals surface area contributed by atoms with E-state index in [9.17, 15) is 0 Å². The number of fused-ring (bicyclic) bond motifs is 3. The van der Waals surface area contributed by atoms with Crippen molar-refractivity contribution in [3.63, 3.8) is 0 Å². The first kappa shape index (κ1) is 17.6. The zero-order valence-corrected chi connectivity index (χ0v) is 16.4. The molecule has 0 heterocycles. The summed E-state index contributed by atoms with van der Waals surface area (Å²) in [6.07, 6.45) is 11.6. The Morgan fingerprint density at radius 2 is 1.65 bits per heavy atom. The molecule has 132 valence electrons. The van der Waals surface area contributed by atoms with Crippen LogP contribution < -0.4 is 0 Å². The zero-order chi connectivity index (χ0) is 18.1. The van der Waals surface area contributed by atoms with E-state index in [-0.39, 0.29) is 5.41 Å². The predicted octanol–water partition coefficient (Wildman–Crippen LogP) is 7.79. The van der Waals surface area contributed by atoms with Crippen molar-refractivity contribution < 1.29 is 0 Å². The summed E-state index contributed by atoms with van der Waals surface area (Å²) in [6, 6.07) is 17.7. The molecule has 0 radical (unpaired) electrons. The van der Waals surface area contributed by atoms with Crippen molar-refractivity contribution in [1.82, 2.24) is 0 Å². The first-order valence-corrected chi connectivity index (χ1v) is 9.92. The van der Waals surface area contributed by atoms with E-state index in [2.05, 4.69) is 73.7 Å². The first-order chi connectivity index (χ1) is 12.6. The fraction of sp³-hybridized carbons (Fsp3) is 0.250. The first-order valence-electron chi connectivity index (χ1n) is 9.17. The Balaban J connectivity index is 1.84. The van der Waals surface area contributed by atoms with Gasteiger partial charge < -0.3 is 0 Å². The second-order valence-electron chi connectivity index (χ2n) is 7.38. The SMILES string of the molecule is CC(CCC=C(Cl)Cl)(C1=CC=CC1)C1c2ccccc2-c2ccccc21. The van der Waals surface area contributed by atoms with Crippen molar-refractivity contribution in [2.75, 3.05) is 0 Å². The molecule has 4 rings (SSSR count). The summed E-state index contributed by atoms with van der Waals surface area (Å²) in [5.41, 5.74) is 7.13. The van der Waals surface area contributed by atoms with Crippen LogP contribution in [-0.4, -0.2) is 0 Å². The van der Waals surface area contributed by atoms with Gasteiger partial charge in [0.05, 0.1) is 0 Å². The fourth-order valence-corrected chi connectivity index (χ4v) is 4.90. The average Bonchev–Trinajstić information content (AvgIpc) is 3.28. The van der Waals surface area contributed by atoms with Gasteiger partial charge in [-0.15, -0.1) is 0 Å². The number of allylic oxidation sites excluding steroid dienone is 5. The van der Waals surface area contributed by atoms with Crippen LogP contribution >= 0.6 is 23.2 Å². The minimum absolute atomic E-state index is 0.0198. The van der Waals surface area contributed by atoms with Crippen molar-refractivity contribution in [2.24, 2.45) is 5.41 Å². The van der Waals surface area contributed by atoms with Crippen LogP contribution in [-0.2, 0) is 0 Å². The number of hydrogen-bond acceptors (Lipinski definition) is 0. The van der Waals surface area contributed by atoms with Gasteiger partial charge in [-0.25, -0.2) is 0 Å². The summed E-state index contributed by atoms with van der Waals surface area (Å²) in [7, 11) is 0. The van der Waals surface area contributed by atoms with Gasteiger partial charge in [-0.1, -0.05) is 109 Å². The highest BCUT2D eigenvalue weighted by Crippen LogP contribution is 2.58. The molecule has 0 bridgehead atoms. The van der Waals surface area contributed by atoms with Crippen molar-refractivity contribution in [3.8, 4) is 11.1 Å². The Labute approximate surface area is 165 Å². The Bertz CT molecular complexity index is 870. The lowest BCUT2D eigenvalue weighted by Crippen LogP contribution is -2.27. The van der Waals surface area contributed by atoms with E-state index >= 15 is 0 Å². The molecule has 0 aromatic heterocycles. The lowest BCUT2D eigenvalue weighted by molar-refractivity contribution is 0.321. The number of rotatable bonds is 5. The molecule has 0 nitrogen and oxygen atoms in total. The summed E-state index contributed by atoms with van der Waals surface area (Å²) >= 11 is 11.8. The molecule has 0 saturated heterocycles. The molecular weight excluding hydrogens is 359 g/mol. The highest BCUT2D eigenvalue weighted by molar-refractivity contribution is 6.55. The Morgan fingerprint density at radius 1 is 1.04 bits per heavy atom. The van der Waals surface area contributed by atoms with Gasteiger partial charge >= 0.3 is 0 Å². The van der Waals surface area contributed by atoms with Gasteiger partial charge in [-0.3, -0.25) is 0 Å². The number of hydrogen-bond donors (Lipinski definition) is 0. The molecule has 2 aliphatic carbocycles. The fourth-order valence-electron chi connectivity index (χ4n) is 4.68. The van der Waals surface area contributed by atoms with Crippen molar-refractivity contribution in [3.05, 3.63) is 94.0 Å². The standard InChI is InChI=1S/C24H22Cl2/c1-24(16-8-15-22(25)26,17-9-2-3-10-17)23-20-13-6-4-11-18(20)19-12-5-7-14-21(19)23/h2-7,9,11-15,23H,8,10,16H2,1H3. The third-order valence-corrected chi connectivity index (χ3v) is 6.25. The second-order valence-corrected chi connectivity index (χ2v) is 8.39. The Morgan fingerprint density at radius 3 is 2.19 bits per heavy atom. The van der Waals surface area contributed by atoms with E-state index in [1.165, 1.54) is 27.8 Å². The number of halogens is 2. The maximum absolute atomic E-state index is 5.89.